The van der Waals surface area contributed by atoms with Crippen molar-refractivity contribution in [2.75, 3.05) is 33.1 Å². The van der Waals surface area contributed by atoms with Crippen LogP contribution in [0.1, 0.15) is 17.5 Å². The van der Waals surface area contributed by atoms with Crippen LogP contribution in [0.5, 0.6) is 5.75 Å². The number of aromatic hydroxyl groups is 1. The Balaban J connectivity index is 1.91. The zero-order valence-corrected chi connectivity index (χ0v) is 18.4. The van der Waals surface area contributed by atoms with Crippen molar-refractivity contribution in [1.82, 2.24) is 4.90 Å². The summed E-state index contributed by atoms with van der Waals surface area (Å²) in [6, 6.07) is 2.47. The number of likely N-dealkylation sites (N-methyl/N-ethyl adjacent to an activating group) is 1. The van der Waals surface area contributed by atoms with E-state index in [0.717, 1.165) is 5.69 Å². The van der Waals surface area contributed by atoms with Crippen molar-refractivity contribution < 1.29 is 29.7 Å². The average Bonchev–Trinajstić information content (AvgIpc) is 2.66. The first kappa shape index (κ1) is 21.9. The quantitative estimate of drug-likeness (QED) is 0.400. The summed E-state index contributed by atoms with van der Waals surface area (Å²) in [6.45, 7) is 0. The lowest BCUT2D eigenvalue weighted by Gasteiger charge is -2.46. The fourth-order valence-corrected chi connectivity index (χ4v) is 5.67. The molecule has 4 rings (SSSR count). The number of aliphatic hydroxyl groups is 2. The Morgan fingerprint density at radius 2 is 1.72 bits per heavy atom. The number of carbonyl (C=O) groups is 3. The summed E-state index contributed by atoms with van der Waals surface area (Å²) in [5.41, 5.74) is 6.59. The minimum absolute atomic E-state index is 0.0843. The number of Topliss-reactive ketones (excluding diaryl/α,β-unsaturated/α-hetero) is 2. The number of carbonyl (C=O) groups excluding carboxylic acids is 3. The number of anilines is 1. The molecule has 9 nitrogen and oxygen atoms in total. The number of hydrogen-bond acceptors (Lipinski definition) is 8. The summed E-state index contributed by atoms with van der Waals surface area (Å²) in [6.07, 6.45) is 0.718. The van der Waals surface area contributed by atoms with Crippen LogP contribution in [0, 0.1) is 17.8 Å². The second kappa shape index (κ2) is 7.37. The van der Waals surface area contributed by atoms with Crippen LogP contribution in [0.15, 0.2) is 29.0 Å². The van der Waals surface area contributed by atoms with Crippen molar-refractivity contribution in [2.45, 2.75) is 18.9 Å². The van der Waals surface area contributed by atoms with E-state index < -0.39 is 52.6 Å². The molecule has 1 amide bonds. The second-order valence-corrected chi connectivity index (χ2v) is 9.15. The Hall–Kier alpha value is -3.33. The molecule has 170 valence electrons. The largest absolute Gasteiger partial charge is 0.510 e. The number of nitrogens with zero attached hydrogens (tertiary/aromatic N) is 2. The molecule has 0 radical (unpaired) electrons. The number of ketones is 2. The van der Waals surface area contributed by atoms with Gasteiger partial charge in [0.2, 0.25) is 0 Å². The summed E-state index contributed by atoms with van der Waals surface area (Å²) in [5.74, 6) is -5.64. The fraction of sp³-hybridized carbons (Fsp3) is 0.435. The highest BCUT2D eigenvalue weighted by Gasteiger charge is 2.55. The highest BCUT2D eigenvalue weighted by molar-refractivity contribution is 6.28. The summed E-state index contributed by atoms with van der Waals surface area (Å²) < 4.78 is 0. The Labute approximate surface area is 185 Å². The van der Waals surface area contributed by atoms with Crippen LogP contribution in [0.3, 0.4) is 0 Å². The van der Waals surface area contributed by atoms with Gasteiger partial charge in [-0.1, -0.05) is 0 Å². The van der Waals surface area contributed by atoms with Gasteiger partial charge in [-0.3, -0.25) is 19.3 Å². The van der Waals surface area contributed by atoms with Crippen LogP contribution in [0.2, 0.25) is 0 Å². The third kappa shape index (κ3) is 2.91. The maximum Gasteiger partial charge on any atom is 0.255 e. The van der Waals surface area contributed by atoms with Crippen LogP contribution in [0.25, 0.3) is 5.76 Å². The summed E-state index contributed by atoms with van der Waals surface area (Å²) in [5, 5.41) is 32.3. The van der Waals surface area contributed by atoms with Gasteiger partial charge in [-0.15, -0.1) is 0 Å². The van der Waals surface area contributed by atoms with Gasteiger partial charge < -0.3 is 26.0 Å². The molecule has 1 aromatic carbocycles. The molecular weight excluding hydrogens is 414 g/mol. The van der Waals surface area contributed by atoms with Gasteiger partial charge in [0.05, 0.1) is 17.5 Å². The van der Waals surface area contributed by atoms with E-state index in [-0.39, 0.29) is 22.6 Å². The summed E-state index contributed by atoms with van der Waals surface area (Å²) in [4.78, 5) is 42.2. The van der Waals surface area contributed by atoms with Crippen molar-refractivity contribution in [3.05, 3.63) is 40.2 Å². The molecule has 1 saturated carbocycles. The minimum Gasteiger partial charge on any atom is -0.510 e. The first-order valence-electron chi connectivity index (χ1n) is 10.4. The van der Waals surface area contributed by atoms with E-state index in [1.165, 1.54) is 6.07 Å². The molecule has 1 aromatic rings. The Kier molecular flexibility index (Phi) is 5.04. The lowest BCUT2D eigenvalue weighted by molar-refractivity contribution is -0.136. The Morgan fingerprint density at radius 3 is 2.28 bits per heavy atom. The molecule has 0 aliphatic heterocycles. The molecule has 0 spiro atoms. The number of allylic oxidation sites excluding steroid dienone is 1. The first-order chi connectivity index (χ1) is 15.0. The maximum absolute atomic E-state index is 13.6. The number of aliphatic hydroxyl groups excluding tert-OH is 2. The van der Waals surface area contributed by atoms with Gasteiger partial charge >= 0.3 is 0 Å². The van der Waals surface area contributed by atoms with Crippen LogP contribution >= 0.6 is 0 Å². The minimum atomic E-state index is -1.24. The van der Waals surface area contributed by atoms with Gasteiger partial charge in [0.15, 0.2) is 11.6 Å². The van der Waals surface area contributed by atoms with Gasteiger partial charge in [0.1, 0.15) is 22.8 Å². The zero-order chi connectivity index (χ0) is 23.6. The van der Waals surface area contributed by atoms with E-state index in [2.05, 4.69) is 0 Å². The third-order valence-corrected chi connectivity index (χ3v) is 6.90. The van der Waals surface area contributed by atoms with Crippen LogP contribution in [-0.4, -0.2) is 71.9 Å². The molecule has 5 N–H and O–H groups in total. The number of benzene rings is 1. The van der Waals surface area contributed by atoms with Crippen molar-refractivity contribution in [3.63, 3.8) is 0 Å². The molecule has 4 atom stereocenters. The average molecular weight is 441 g/mol. The monoisotopic (exact) mass is 441 g/mol. The van der Waals surface area contributed by atoms with Gasteiger partial charge in [-0.05, 0) is 56.5 Å². The normalized spacial score (nSPS) is 27.3. The third-order valence-electron chi connectivity index (χ3n) is 6.90. The first-order valence-corrected chi connectivity index (χ1v) is 10.4. The van der Waals surface area contributed by atoms with E-state index in [1.54, 1.807) is 25.1 Å². The van der Waals surface area contributed by atoms with Gasteiger partial charge in [0, 0.05) is 25.4 Å². The molecule has 0 heterocycles. The number of hydrogen-bond donors (Lipinski definition) is 4. The van der Waals surface area contributed by atoms with Crippen molar-refractivity contribution >= 4 is 28.9 Å². The zero-order valence-electron chi connectivity index (χ0n) is 18.4. The van der Waals surface area contributed by atoms with Gasteiger partial charge in [0.25, 0.3) is 5.91 Å². The summed E-state index contributed by atoms with van der Waals surface area (Å²) >= 11 is 0. The number of phenols is 1. The molecule has 32 heavy (non-hydrogen) atoms. The number of phenolic OH excluding ortho intramolecular Hbond substituents is 1. The number of amides is 1. The highest BCUT2D eigenvalue weighted by Crippen LogP contribution is 2.51. The topological polar surface area (TPSA) is 144 Å². The molecule has 0 unspecified atom stereocenters. The number of nitrogens with two attached hydrogens (primary N) is 1. The van der Waals surface area contributed by atoms with Gasteiger partial charge in [-0.25, -0.2) is 0 Å². The van der Waals surface area contributed by atoms with Crippen molar-refractivity contribution in [3.8, 4) is 5.75 Å². The van der Waals surface area contributed by atoms with E-state index in [9.17, 15) is 29.7 Å². The molecule has 3 aliphatic carbocycles. The molecule has 0 bridgehead atoms. The molecule has 0 saturated heterocycles. The van der Waals surface area contributed by atoms with Crippen LogP contribution < -0.4 is 10.6 Å². The SMILES string of the molecule is CN(C)c1ccc(O)c2c1C[C@H]1C[C@@H]3[C@@H](C(=O)C(C(N)=O)=C(O)[C@H]3N(C)C)C(=O)C1=C2O. The second-order valence-electron chi connectivity index (χ2n) is 9.15. The van der Waals surface area contributed by atoms with E-state index in [1.807, 2.05) is 19.0 Å². The Bertz CT molecular complexity index is 1120. The van der Waals surface area contributed by atoms with E-state index >= 15 is 0 Å². The molecule has 9 heteroatoms. The molecule has 0 aromatic heterocycles. The van der Waals surface area contributed by atoms with Gasteiger partial charge in [-0.2, -0.15) is 0 Å². The maximum atomic E-state index is 13.6. The summed E-state index contributed by atoms with van der Waals surface area (Å²) in [7, 11) is 7.08. The van der Waals surface area contributed by atoms with Crippen molar-refractivity contribution in [1.29, 1.82) is 0 Å². The highest BCUT2D eigenvalue weighted by atomic mass is 16.3. The fourth-order valence-electron chi connectivity index (χ4n) is 5.67. The molecule has 1 fully saturated rings. The number of rotatable bonds is 3. The smallest absolute Gasteiger partial charge is 0.255 e. The number of primary amides is 1. The van der Waals surface area contributed by atoms with Crippen molar-refractivity contribution in [2.24, 2.45) is 23.5 Å². The van der Waals surface area contributed by atoms with Crippen LogP contribution in [-0.2, 0) is 20.8 Å². The lowest BCUT2D eigenvalue weighted by Crippen LogP contribution is -2.55. The standard InChI is InChI=1S/C23H27N3O6/c1-25(2)12-5-6-13(27)15-10(12)7-9-8-11-16(20(29)14(9)19(15)28)21(30)17(23(24)32)22(31)18(11)26(3)4/h5-6,9,11,16,18,27-28,31H,7-8H2,1-4H3,(H2,24,32)/t9-,11+,16+,18-/m0/s1. The predicted octanol–water partition coefficient (Wildman–Crippen LogP) is 0.915. The lowest BCUT2D eigenvalue weighted by atomic mass is 9.59. The molecular formula is C23H27N3O6. The number of fused-ring (bicyclic) bond motifs is 3. The Morgan fingerprint density at radius 1 is 1.06 bits per heavy atom. The molecule has 3 aliphatic rings. The van der Waals surface area contributed by atoms with E-state index in [0.29, 0.717) is 18.4 Å². The van der Waals surface area contributed by atoms with E-state index in [4.69, 9.17) is 5.73 Å². The van der Waals surface area contributed by atoms with Crippen LogP contribution in [0.4, 0.5) is 5.69 Å². The predicted molar refractivity (Wildman–Crippen MR) is 117 cm³/mol.